The van der Waals surface area contributed by atoms with E-state index in [1.165, 1.54) is 12.1 Å². The minimum atomic E-state index is -0.660. The Kier molecular flexibility index (Phi) is 5.67. The van der Waals surface area contributed by atoms with Crippen molar-refractivity contribution in [1.82, 2.24) is 0 Å². The second-order valence-electron chi connectivity index (χ2n) is 11.9. The Hall–Kier alpha value is -4.05. The van der Waals surface area contributed by atoms with Gasteiger partial charge in [0.25, 0.3) is 5.69 Å². The molecule has 2 aliphatic carbocycles. The van der Waals surface area contributed by atoms with Crippen LogP contribution in [0.2, 0.25) is 0 Å². The summed E-state index contributed by atoms with van der Waals surface area (Å²) < 4.78 is 0. The molecule has 3 aliphatic rings. The van der Waals surface area contributed by atoms with E-state index in [1.54, 1.807) is 24.3 Å². The first-order valence-electron chi connectivity index (χ1n) is 12.5. The van der Waals surface area contributed by atoms with Crippen LogP contribution in [0.5, 0.6) is 0 Å². The van der Waals surface area contributed by atoms with Crippen LogP contribution in [0.15, 0.2) is 71.1 Å². The number of ketones is 2. The monoisotopic (exact) mass is 495 g/mol. The van der Waals surface area contributed by atoms with Crippen molar-refractivity contribution in [1.29, 1.82) is 5.26 Å². The number of carbonyl (C=O) groups excluding carboxylic acids is 2. The summed E-state index contributed by atoms with van der Waals surface area (Å²) in [5.41, 5.74) is 3.84. The van der Waals surface area contributed by atoms with Crippen LogP contribution in [0.25, 0.3) is 0 Å². The number of benzene rings is 2. The molecule has 0 atom stereocenters. The fourth-order valence-electron chi connectivity index (χ4n) is 6.14. The average Bonchev–Trinajstić information content (AvgIpc) is 2.81. The summed E-state index contributed by atoms with van der Waals surface area (Å²) >= 11 is 0. The number of carbonyl (C=O) groups is 2. The molecule has 2 aromatic rings. The summed E-state index contributed by atoms with van der Waals surface area (Å²) in [6, 6.07) is 15.7. The minimum Gasteiger partial charge on any atom is -0.317 e. The molecule has 7 heteroatoms. The van der Waals surface area contributed by atoms with Crippen molar-refractivity contribution in [2.45, 2.75) is 59.3 Å². The second-order valence-corrected chi connectivity index (χ2v) is 11.9. The van der Waals surface area contributed by atoms with Gasteiger partial charge < -0.3 is 4.90 Å². The van der Waals surface area contributed by atoms with Gasteiger partial charge in [-0.3, -0.25) is 19.7 Å². The Labute approximate surface area is 216 Å². The number of nitro benzene ring substituents is 1. The molecule has 37 heavy (non-hydrogen) atoms. The molecule has 188 valence electrons. The van der Waals surface area contributed by atoms with Gasteiger partial charge in [-0.15, -0.1) is 0 Å². The van der Waals surface area contributed by atoms with Crippen molar-refractivity contribution in [3.63, 3.8) is 0 Å². The molecule has 5 rings (SSSR count). The molecule has 0 saturated heterocycles. The fraction of sp³-hybridized carbons (Fsp3) is 0.367. The third-order valence-corrected chi connectivity index (χ3v) is 7.56. The highest BCUT2D eigenvalue weighted by Crippen LogP contribution is 2.55. The zero-order valence-electron chi connectivity index (χ0n) is 21.5. The van der Waals surface area contributed by atoms with E-state index in [-0.39, 0.29) is 28.1 Å². The maximum absolute atomic E-state index is 13.9. The molecule has 0 spiro atoms. The standard InChI is InChI=1S/C30H29N3O4/c1-29(2)13-22-27(24(34)15-29)26(19-8-6-10-21(12-19)33(36)37)28-23(14-30(3,4)16-25(28)35)32(22)20-9-5-7-18(11-20)17-31/h5-12,26H,13-16H2,1-4H3. The molecule has 1 heterocycles. The SMILES string of the molecule is CC1(C)CC(=O)C2=C(C1)N(c1cccc(C#N)c1)C1=C(C(=O)CC(C)(C)C1)C2c1cccc([N+](=O)[O-])c1. The largest absolute Gasteiger partial charge is 0.317 e. The van der Waals surface area contributed by atoms with Gasteiger partial charge >= 0.3 is 0 Å². The second kappa shape index (κ2) is 8.52. The lowest BCUT2D eigenvalue weighted by Crippen LogP contribution is -2.44. The molecule has 0 fully saturated rings. The van der Waals surface area contributed by atoms with Gasteiger partial charge in [-0.1, -0.05) is 45.9 Å². The Balaban J connectivity index is 1.85. The Morgan fingerprint density at radius 2 is 1.46 bits per heavy atom. The van der Waals surface area contributed by atoms with Crippen LogP contribution in [-0.4, -0.2) is 16.5 Å². The van der Waals surface area contributed by atoms with Gasteiger partial charge in [0.1, 0.15) is 0 Å². The predicted octanol–water partition coefficient (Wildman–Crippen LogP) is 6.36. The van der Waals surface area contributed by atoms with Gasteiger partial charge in [-0.2, -0.15) is 5.26 Å². The van der Waals surface area contributed by atoms with E-state index >= 15 is 0 Å². The lowest BCUT2D eigenvalue weighted by Gasteiger charge is -2.49. The highest BCUT2D eigenvalue weighted by Gasteiger charge is 2.49. The molecule has 0 amide bonds. The number of hydrogen-bond acceptors (Lipinski definition) is 6. The number of non-ortho nitro benzene ring substituents is 1. The molecular formula is C30H29N3O4. The average molecular weight is 496 g/mol. The maximum atomic E-state index is 13.9. The quantitative estimate of drug-likeness (QED) is 0.363. The van der Waals surface area contributed by atoms with Crippen molar-refractivity contribution in [3.05, 3.63) is 92.3 Å². The Morgan fingerprint density at radius 1 is 0.892 bits per heavy atom. The van der Waals surface area contributed by atoms with Gasteiger partial charge in [-0.25, -0.2) is 0 Å². The summed E-state index contributed by atoms with van der Waals surface area (Å²) in [5.74, 6) is -0.755. The minimum absolute atomic E-state index is 0.0478. The van der Waals surface area contributed by atoms with E-state index in [1.807, 2.05) is 17.0 Å². The normalized spacial score (nSPS) is 20.9. The zero-order chi connectivity index (χ0) is 26.7. The van der Waals surface area contributed by atoms with Gasteiger partial charge in [0.15, 0.2) is 11.6 Å². The first kappa shape index (κ1) is 24.6. The van der Waals surface area contributed by atoms with Crippen LogP contribution in [-0.2, 0) is 9.59 Å². The van der Waals surface area contributed by atoms with Crippen molar-refractivity contribution < 1.29 is 14.5 Å². The summed E-state index contributed by atoms with van der Waals surface area (Å²) in [6.45, 7) is 8.23. The lowest BCUT2D eigenvalue weighted by molar-refractivity contribution is -0.384. The van der Waals surface area contributed by atoms with Crippen LogP contribution >= 0.6 is 0 Å². The molecule has 0 unspecified atom stereocenters. The van der Waals surface area contributed by atoms with E-state index < -0.39 is 10.8 Å². The number of hydrogen-bond donors (Lipinski definition) is 0. The molecule has 0 saturated carbocycles. The van der Waals surface area contributed by atoms with Crippen LogP contribution in [0.4, 0.5) is 11.4 Å². The molecule has 0 N–H and O–H groups in total. The first-order valence-corrected chi connectivity index (χ1v) is 12.5. The number of nitriles is 1. The third-order valence-electron chi connectivity index (χ3n) is 7.56. The van der Waals surface area contributed by atoms with Gasteiger partial charge in [-0.05, 0) is 47.4 Å². The van der Waals surface area contributed by atoms with E-state index in [0.29, 0.717) is 48.0 Å². The van der Waals surface area contributed by atoms with Crippen molar-refractivity contribution >= 4 is 22.9 Å². The lowest BCUT2D eigenvalue weighted by atomic mass is 9.63. The number of nitro groups is 1. The van der Waals surface area contributed by atoms with Crippen LogP contribution < -0.4 is 4.90 Å². The number of allylic oxidation sites excluding steroid dienone is 4. The Morgan fingerprint density at radius 3 is 2.00 bits per heavy atom. The zero-order valence-corrected chi connectivity index (χ0v) is 21.5. The van der Waals surface area contributed by atoms with Crippen LogP contribution in [0.1, 0.15) is 70.4 Å². The Bertz CT molecular complexity index is 1420. The summed E-state index contributed by atoms with van der Waals surface area (Å²) in [7, 11) is 0. The molecule has 0 bridgehead atoms. The number of Topliss-reactive ketones (excluding diaryl/α,β-unsaturated/α-hetero) is 2. The molecule has 0 aromatic heterocycles. The van der Waals surface area contributed by atoms with Crippen molar-refractivity contribution in [2.24, 2.45) is 10.8 Å². The smallest absolute Gasteiger partial charge is 0.269 e. The van der Waals surface area contributed by atoms with E-state index in [9.17, 15) is 25.0 Å². The molecule has 2 aromatic carbocycles. The number of anilines is 1. The van der Waals surface area contributed by atoms with E-state index in [0.717, 1.165) is 17.1 Å². The summed E-state index contributed by atoms with van der Waals surface area (Å²) in [6.07, 6.45) is 1.85. The molecule has 1 aliphatic heterocycles. The van der Waals surface area contributed by atoms with E-state index in [2.05, 4.69) is 33.8 Å². The highest BCUT2D eigenvalue weighted by molar-refractivity contribution is 6.08. The number of nitrogens with zero attached hydrogens (tertiary/aromatic N) is 3. The molecule has 7 nitrogen and oxygen atoms in total. The predicted molar refractivity (Wildman–Crippen MR) is 140 cm³/mol. The number of rotatable bonds is 3. The summed E-state index contributed by atoms with van der Waals surface area (Å²) in [4.78, 5) is 40.9. The molecule has 0 radical (unpaired) electrons. The van der Waals surface area contributed by atoms with Gasteiger partial charge in [0, 0.05) is 59.1 Å². The van der Waals surface area contributed by atoms with Gasteiger partial charge in [0.05, 0.1) is 16.6 Å². The highest BCUT2D eigenvalue weighted by atomic mass is 16.6. The first-order chi connectivity index (χ1) is 17.4. The van der Waals surface area contributed by atoms with Crippen LogP contribution in [0, 0.1) is 32.3 Å². The van der Waals surface area contributed by atoms with Crippen molar-refractivity contribution in [2.75, 3.05) is 4.90 Å². The topological polar surface area (TPSA) is 104 Å². The van der Waals surface area contributed by atoms with Crippen molar-refractivity contribution in [3.8, 4) is 6.07 Å². The summed E-state index contributed by atoms with van der Waals surface area (Å²) in [5, 5.41) is 21.2. The maximum Gasteiger partial charge on any atom is 0.269 e. The van der Waals surface area contributed by atoms with E-state index in [4.69, 9.17) is 0 Å². The molecular weight excluding hydrogens is 466 g/mol. The van der Waals surface area contributed by atoms with Gasteiger partial charge in [0.2, 0.25) is 0 Å². The van der Waals surface area contributed by atoms with Crippen LogP contribution in [0.3, 0.4) is 0 Å². The fourth-order valence-corrected chi connectivity index (χ4v) is 6.14. The third kappa shape index (κ3) is 4.27.